The third-order valence-corrected chi connectivity index (χ3v) is 6.52. The van der Waals surface area contributed by atoms with E-state index in [2.05, 4.69) is 15.3 Å². The monoisotopic (exact) mass is 524 g/mol. The minimum Gasteiger partial charge on any atom is -0.343 e. The summed E-state index contributed by atoms with van der Waals surface area (Å²) < 4.78 is 57.9. The number of nitrogens with one attached hydrogen (secondary N) is 2. The molecule has 1 fully saturated rings. The molecule has 5 rings (SSSR count). The number of rotatable bonds is 7. The Balaban J connectivity index is 1.55. The molecule has 2 N–H and O–H groups in total. The first-order valence-corrected chi connectivity index (χ1v) is 12.0. The van der Waals surface area contributed by atoms with Crippen molar-refractivity contribution < 1.29 is 22.4 Å². The van der Waals surface area contributed by atoms with Crippen LogP contribution in [0.3, 0.4) is 0 Å². The molecule has 0 saturated heterocycles. The van der Waals surface area contributed by atoms with Crippen molar-refractivity contribution in [2.45, 2.75) is 31.6 Å². The van der Waals surface area contributed by atoms with Crippen molar-refractivity contribution in [1.82, 2.24) is 24.4 Å². The molecule has 1 amide bonds. The quantitative estimate of drug-likeness (QED) is 0.339. The Morgan fingerprint density at radius 2 is 1.95 bits per heavy atom. The van der Waals surface area contributed by atoms with Gasteiger partial charge in [-0.25, -0.2) is 4.39 Å². The molecular weight excluding hydrogens is 500 g/mol. The van der Waals surface area contributed by atoms with Crippen LogP contribution in [0.2, 0.25) is 0 Å². The van der Waals surface area contributed by atoms with Crippen molar-refractivity contribution >= 4 is 5.91 Å². The Morgan fingerprint density at radius 1 is 1.16 bits per heavy atom. The summed E-state index contributed by atoms with van der Waals surface area (Å²) in [7, 11) is 1.71. The number of halogens is 4. The molecule has 11 heteroatoms. The normalized spacial score (nSPS) is 14.3. The molecule has 0 aliphatic heterocycles. The number of benzene rings is 1. The number of carbonyl (C=O) groups is 1. The summed E-state index contributed by atoms with van der Waals surface area (Å²) in [5, 5.41) is 11.2. The van der Waals surface area contributed by atoms with E-state index in [0.717, 1.165) is 25.2 Å². The molecule has 3 aromatic heterocycles. The molecule has 196 valence electrons. The number of aromatic nitrogens is 4. The van der Waals surface area contributed by atoms with Gasteiger partial charge in [0.2, 0.25) is 5.62 Å². The molecule has 1 aliphatic rings. The lowest BCUT2D eigenvalue weighted by molar-refractivity contribution is -0.140. The van der Waals surface area contributed by atoms with Crippen LogP contribution in [0.4, 0.5) is 17.6 Å². The van der Waals surface area contributed by atoms with Crippen molar-refractivity contribution in [3.63, 3.8) is 0 Å². The fourth-order valence-electron chi connectivity index (χ4n) is 4.44. The molecule has 1 aliphatic carbocycles. The number of carbonyl (C=O) groups excluding carboxylic acids is 1. The summed E-state index contributed by atoms with van der Waals surface area (Å²) in [6, 6.07) is 9.65. The third-order valence-electron chi connectivity index (χ3n) is 6.52. The Kier molecular flexibility index (Phi) is 6.60. The highest BCUT2D eigenvalue weighted by atomic mass is 19.4. The zero-order valence-corrected chi connectivity index (χ0v) is 20.3. The van der Waals surface area contributed by atoms with Gasteiger partial charge in [-0.15, -0.1) is 0 Å². The average molecular weight is 525 g/mol. The van der Waals surface area contributed by atoms with E-state index in [0.29, 0.717) is 11.3 Å². The lowest BCUT2D eigenvalue weighted by atomic mass is 9.97. The molecule has 1 aromatic carbocycles. The first-order valence-electron chi connectivity index (χ1n) is 12.0. The van der Waals surface area contributed by atoms with Crippen LogP contribution in [0.1, 0.15) is 46.2 Å². The van der Waals surface area contributed by atoms with Crippen LogP contribution in [-0.4, -0.2) is 25.0 Å². The zero-order valence-electron chi connectivity index (χ0n) is 20.3. The number of imidazole rings is 1. The third kappa shape index (κ3) is 5.36. The van der Waals surface area contributed by atoms with Gasteiger partial charge >= 0.3 is 6.18 Å². The summed E-state index contributed by atoms with van der Waals surface area (Å²) >= 11 is 0. The van der Waals surface area contributed by atoms with Gasteiger partial charge in [-0.1, -0.05) is 6.07 Å². The molecule has 1 atom stereocenters. The lowest BCUT2D eigenvalue weighted by Crippen LogP contribution is -2.30. The summed E-state index contributed by atoms with van der Waals surface area (Å²) in [6.07, 6.45) is 2.59. The van der Waals surface area contributed by atoms with Crippen LogP contribution >= 0.6 is 0 Å². The highest BCUT2D eigenvalue weighted by Gasteiger charge is 2.36. The molecule has 0 unspecified atom stereocenters. The molecule has 0 bridgehead atoms. The van der Waals surface area contributed by atoms with E-state index in [9.17, 15) is 22.4 Å². The van der Waals surface area contributed by atoms with Gasteiger partial charge in [0, 0.05) is 36.8 Å². The number of aryl methyl sites for hydroxylation is 1. The maximum atomic E-state index is 13.8. The summed E-state index contributed by atoms with van der Waals surface area (Å²) in [4.78, 5) is 21.2. The van der Waals surface area contributed by atoms with E-state index in [1.807, 2.05) is 0 Å². The van der Waals surface area contributed by atoms with Crippen LogP contribution in [0.25, 0.3) is 11.1 Å². The van der Waals surface area contributed by atoms with Crippen molar-refractivity contribution in [1.29, 1.82) is 5.41 Å². The maximum Gasteiger partial charge on any atom is 0.433 e. The highest BCUT2D eigenvalue weighted by molar-refractivity contribution is 5.96. The number of nitrogens with zero attached hydrogens (tertiary/aromatic N) is 4. The van der Waals surface area contributed by atoms with Gasteiger partial charge < -0.3 is 14.5 Å². The number of pyridine rings is 2. The van der Waals surface area contributed by atoms with Crippen molar-refractivity contribution in [2.24, 2.45) is 13.0 Å². The van der Waals surface area contributed by atoms with Crippen LogP contribution in [0, 0.1) is 17.1 Å². The molecule has 4 aromatic rings. The number of alkyl halides is 3. The smallest absolute Gasteiger partial charge is 0.343 e. The molecular formula is C27H24F4N6O. The standard InChI is InChI=1S/C27H24F4N6O/c1-36-9-10-37(26(36)32)15-16-11-18(21-3-2-8-33-24(21)27(29,30)31)13-19(12-16)25(38)35-23(17-4-5-17)22-7-6-20(28)14-34-22/h2-3,6-14,17,23,32H,4-5,15H2,1H3,(H,35,38)/t23-/m0/s1. The minimum atomic E-state index is -4.69. The van der Waals surface area contributed by atoms with Gasteiger partial charge in [0.15, 0.2) is 5.69 Å². The second kappa shape index (κ2) is 9.88. The number of hydrogen-bond acceptors (Lipinski definition) is 4. The SMILES string of the molecule is Cn1ccn(Cc2cc(C(=O)N[C@H](c3ccc(F)cn3)C3CC3)cc(-c3cccnc3C(F)(F)F)c2)c1=N. The van der Waals surface area contributed by atoms with E-state index >= 15 is 0 Å². The number of amides is 1. The van der Waals surface area contributed by atoms with E-state index in [1.54, 1.807) is 40.7 Å². The van der Waals surface area contributed by atoms with Crippen molar-refractivity contribution in [3.8, 4) is 11.1 Å². The largest absolute Gasteiger partial charge is 0.433 e. The fraction of sp³-hybridized carbons (Fsp3) is 0.259. The summed E-state index contributed by atoms with van der Waals surface area (Å²) in [6.45, 7) is 0.168. The molecule has 0 radical (unpaired) electrons. The molecule has 3 heterocycles. The van der Waals surface area contributed by atoms with Gasteiger partial charge in [0.1, 0.15) is 5.82 Å². The average Bonchev–Trinajstić information content (AvgIpc) is 3.69. The van der Waals surface area contributed by atoms with Gasteiger partial charge in [0.25, 0.3) is 5.91 Å². The molecule has 38 heavy (non-hydrogen) atoms. The van der Waals surface area contributed by atoms with E-state index in [-0.39, 0.29) is 34.8 Å². The van der Waals surface area contributed by atoms with E-state index in [1.165, 1.54) is 30.3 Å². The molecule has 7 nitrogen and oxygen atoms in total. The van der Waals surface area contributed by atoms with Gasteiger partial charge in [-0.05, 0) is 66.3 Å². The van der Waals surface area contributed by atoms with Crippen LogP contribution in [-0.2, 0) is 19.8 Å². The van der Waals surface area contributed by atoms with Crippen molar-refractivity contribution in [3.05, 3.63) is 101 Å². The van der Waals surface area contributed by atoms with Crippen molar-refractivity contribution in [2.75, 3.05) is 0 Å². The Morgan fingerprint density at radius 3 is 2.58 bits per heavy atom. The summed E-state index contributed by atoms with van der Waals surface area (Å²) in [5.74, 6) is -0.839. The van der Waals surface area contributed by atoms with E-state index in [4.69, 9.17) is 5.41 Å². The predicted octanol–water partition coefficient (Wildman–Crippen LogP) is 4.85. The van der Waals surface area contributed by atoms with E-state index < -0.39 is 29.6 Å². The molecule has 1 saturated carbocycles. The highest BCUT2D eigenvalue weighted by Crippen LogP contribution is 2.41. The molecule has 0 spiro atoms. The zero-order chi connectivity index (χ0) is 27.0. The summed E-state index contributed by atoms with van der Waals surface area (Å²) in [5.41, 5.74) is 0.378. The minimum absolute atomic E-state index is 0.139. The van der Waals surface area contributed by atoms with Crippen LogP contribution < -0.4 is 10.9 Å². The maximum absolute atomic E-state index is 13.8. The second-order valence-corrected chi connectivity index (χ2v) is 9.37. The fourth-order valence-corrected chi connectivity index (χ4v) is 4.44. The first kappa shape index (κ1) is 25.4. The predicted molar refractivity (Wildman–Crippen MR) is 130 cm³/mol. The Hall–Kier alpha value is -4.28. The van der Waals surface area contributed by atoms with Gasteiger partial charge in [-0.3, -0.25) is 20.2 Å². The van der Waals surface area contributed by atoms with Gasteiger partial charge in [0.05, 0.1) is 24.5 Å². The Bertz CT molecular complexity index is 1540. The van der Waals surface area contributed by atoms with Crippen LogP contribution in [0.5, 0.6) is 0 Å². The second-order valence-electron chi connectivity index (χ2n) is 9.37. The Labute approximate surface area is 215 Å². The first-order chi connectivity index (χ1) is 18.1. The topological polar surface area (TPSA) is 88.6 Å². The van der Waals surface area contributed by atoms with Gasteiger partial charge in [-0.2, -0.15) is 13.2 Å². The number of hydrogen-bond donors (Lipinski definition) is 2. The van der Waals surface area contributed by atoms with Crippen LogP contribution in [0.15, 0.2) is 67.3 Å². The lowest BCUT2D eigenvalue weighted by Gasteiger charge is -2.19.